The van der Waals surface area contributed by atoms with Gasteiger partial charge in [0.05, 0.1) is 0 Å². The Morgan fingerprint density at radius 2 is 1.06 bits per heavy atom. The van der Waals surface area contributed by atoms with Gasteiger partial charge in [0.25, 0.3) is 0 Å². The Morgan fingerprint density at radius 1 is 0.833 bits per heavy atom. The minimum atomic E-state index is -2.70. The van der Waals surface area contributed by atoms with Gasteiger partial charge in [-0.3, -0.25) is 0 Å². The highest BCUT2D eigenvalue weighted by atomic mass is 16.5. The molecule has 6 heteroatoms. The van der Waals surface area contributed by atoms with Crippen molar-refractivity contribution in [3.05, 3.63) is 0 Å². The molecule has 0 radical (unpaired) electrons. The molecule has 0 spiro atoms. The minimum Gasteiger partial charge on any atom is -0.479 e. The van der Waals surface area contributed by atoms with Crippen molar-refractivity contribution < 1.29 is 30.0 Å². The van der Waals surface area contributed by atoms with Gasteiger partial charge in [-0.15, -0.1) is 0 Å². The lowest BCUT2D eigenvalue weighted by Crippen LogP contribution is -2.64. The smallest absolute Gasteiger partial charge is 0.339 e. The number of hydrogen-bond donors (Lipinski definition) is 4. The summed E-state index contributed by atoms with van der Waals surface area (Å²) in [4.78, 5) is 22.4. The average molecular weight is 262 g/mol. The molecule has 0 aromatic rings. The first kappa shape index (κ1) is 16.9. The van der Waals surface area contributed by atoms with Gasteiger partial charge >= 0.3 is 11.9 Å². The predicted molar refractivity (Wildman–Crippen MR) is 64.1 cm³/mol. The molecule has 0 aliphatic carbocycles. The summed E-state index contributed by atoms with van der Waals surface area (Å²) in [6.45, 7) is 6.58. The zero-order valence-electron chi connectivity index (χ0n) is 11.2. The van der Waals surface area contributed by atoms with Crippen molar-refractivity contribution >= 4 is 11.9 Å². The Balaban J connectivity index is 5.64. The molecule has 0 fully saturated rings. The summed E-state index contributed by atoms with van der Waals surface area (Å²) < 4.78 is 0. The van der Waals surface area contributed by atoms with Crippen LogP contribution in [-0.4, -0.2) is 43.6 Å². The van der Waals surface area contributed by atoms with E-state index in [2.05, 4.69) is 0 Å². The number of carbonyl (C=O) groups is 2. The number of hydrogen-bond acceptors (Lipinski definition) is 4. The van der Waals surface area contributed by atoms with Gasteiger partial charge in [0, 0.05) is 0 Å². The van der Waals surface area contributed by atoms with E-state index in [-0.39, 0.29) is 24.7 Å². The lowest BCUT2D eigenvalue weighted by atomic mass is 9.73. The summed E-state index contributed by atoms with van der Waals surface area (Å²) in [6.07, 6.45) is -0.671. The molecule has 0 aliphatic heterocycles. The molecule has 2 unspecified atom stereocenters. The molecule has 0 rings (SSSR count). The molecule has 18 heavy (non-hydrogen) atoms. The molecule has 4 N–H and O–H groups in total. The number of carboxylic acid groups (broad SMARTS) is 2. The summed E-state index contributed by atoms with van der Waals surface area (Å²) in [5, 5.41) is 38.5. The fraction of sp³-hybridized carbons (Fsp3) is 0.833. The molecular formula is C12H22O6. The molecule has 0 aliphatic rings. The molecule has 2 atom stereocenters. The first-order chi connectivity index (χ1) is 7.97. The van der Waals surface area contributed by atoms with Crippen molar-refractivity contribution in [3.8, 4) is 0 Å². The number of rotatable bonds is 7. The van der Waals surface area contributed by atoms with E-state index in [1.807, 2.05) is 0 Å². The quantitative estimate of drug-likeness (QED) is 0.537. The monoisotopic (exact) mass is 262 g/mol. The van der Waals surface area contributed by atoms with Gasteiger partial charge in [0.2, 0.25) is 11.2 Å². The molecule has 0 amide bonds. The summed E-state index contributed by atoms with van der Waals surface area (Å²) in [6, 6.07) is 0. The zero-order chi connectivity index (χ0) is 14.7. The lowest BCUT2D eigenvalue weighted by Gasteiger charge is -2.39. The third-order valence-corrected chi connectivity index (χ3v) is 2.80. The highest BCUT2D eigenvalue weighted by Crippen LogP contribution is 2.35. The molecule has 0 bridgehead atoms. The summed E-state index contributed by atoms with van der Waals surface area (Å²) in [5.74, 6) is -3.99. The van der Waals surface area contributed by atoms with E-state index in [4.69, 9.17) is 10.2 Å². The van der Waals surface area contributed by atoms with Crippen molar-refractivity contribution in [2.75, 3.05) is 0 Å². The Kier molecular flexibility index (Phi) is 5.31. The van der Waals surface area contributed by atoms with Crippen molar-refractivity contribution in [1.82, 2.24) is 0 Å². The summed E-state index contributed by atoms with van der Waals surface area (Å²) in [5.41, 5.74) is -5.39. The van der Waals surface area contributed by atoms with Crippen LogP contribution in [0.1, 0.15) is 40.5 Å². The maximum atomic E-state index is 11.2. The largest absolute Gasteiger partial charge is 0.479 e. The van der Waals surface area contributed by atoms with Crippen molar-refractivity contribution in [2.45, 2.75) is 51.7 Å². The van der Waals surface area contributed by atoms with Crippen molar-refractivity contribution in [2.24, 2.45) is 11.8 Å². The van der Waals surface area contributed by atoms with Gasteiger partial charge in [0.1, 0.15) is 0 Å². The van der Waals surface area contributed by atoms with E-state index in [9.17, 15) is 19.8 Å². The van der Waals surface area contributed by atoms with Gasteiger partial charge < -0.3 is 20.4 Å². The second kappa shape index (κ2) is 5.67. The van der Waals surface area contributed by atoms with Crippen LogP contribution in [0.5, 0.6) is 0 Å². The molecule has 106 valence electrons. The zero-order valence-corrected chi connectivity index (χ0v) is 11.2. The molecule has 0 saturated heterocycles. The summed E-state index contributed by atoms with van der Waals surface area (Å²) >= 11 is 0. The van der Waals surface area contributed by atoms with Crippen LogP contribution in [-0.2, 0) is 9.59 Å². The minimum absolute atomic E-state index is 0.274. The van der Waals surface area contributed by atoms with Crippen LogP contribution in [0.4, 0.5) is 0 Å². The highest BCUT2D eigenvalue weighted by Gasteiger charge is 2.60. The molecule has 0 heterocycles. The second-order valence-electron chi connectivity index (χ2n) is 5.53. The molecule has 0 aromatic heterocycles. The standard InChI is InChI=1S/C12H22O6/c1-7(2)5-11(17,9(13)14)12(18,10(15)16)6-8(3)4/h7-8,17-18H,5-6H2,1-4H3,(H,13,14)(H,15,16). The van der Waals surface area contributed by atoms with Gasteiger partial charge in [-0.1, -0.05) is 27.7 Å². The summed E-state index contributed by atoms with van der Waals surface area (Å²) in [7, 11) is 0. The van der Waals surface area contributed by atoms with Crippen molar-refractivity contribution in [3.63, 3.8) is 0 Å². The topological polar surface area (TPSA) is 115 Å². The van der Waals surface area contributed by atoms with Crippen LogP contribution in [0.2, 0.25) is 0 Å². The number of aliphatic hydroxyl groups is 2. The van der Waals surface area contributed by atoms with Crippen LogP contribution in [0.25, 0.3) is 0 Å². The van der Waals surface area contributed by atoms with Crippen molar-refractivity contribution in [1.29, 1.82) is 0 Å². The molecular weight excluding hydrogens is 240 g/mol. The Labute approximate surface area is 106 Å². The van der Waals surface area contributed by atoms with Gasteiger partial charge in [-0.05, 0) is 24.7 Å². The van der Waals surface area contributed by atoms with Crippen LogP contribution in [0.15, 0.2) is 0 Å². The highest BCUT2D eigenvalue weighted by molar-refractivity contribution is 5.90. The Hall–Kier alpha value is -1.14. The number of aliphatic carboxylic acids is 2. The number of carboxylic acids is 2. The normalized spacial score (nSPS) is 18.4. The van der Waals surface area contributed by atoms with Gasteiger partial charge in [0.15, 0.2) is 0 Å². The Morgan fingerprint density at radius 3 is 1.17 bits per heavy atom. The lowest BCUT2D eigenvalue weighted by molar-refractivity contribution is -0.213. The van der Waals surface area contributed by atoms with Crippen LogP contribution >= 0.6 is 0 Å². The SMILES string of the molecule is CC(C)CC(O)(C(=O)O)C(O)(CC(C)C)C(=O)O. The van der Waals surface area contributed by atoms with E-state index in [0.29, 0.717) is 0 Å². The van der Waals surface area contributed by atoms with E-state index in [1.54, 1.807) is 27.7 Å². The van der Waals surface area contributed by atoms with Gasteiger partial charge in [-0.2, -0.15) is 0 Å². The van der Waals surface area contributed by atoms with E-state index < -0.39 is 23.1 Å². The van der Waals surface area contributed by atoms with E-state index in [1.165, 1.54) is 0 Å². The maximum Gasteiger partial charge on any atom is 0.339 e. The second-order valence-corrected chi connectivity index (χ2v) is 5.53. The van der Waals surface area contributed by atoms with E-state index >= 15 is 0 Å². The molecule has 0 saturated carbocycles. The van der Waals surface area contributed by atoms with E-state index in [0.717, 1.165) is 0 Å². The average Bonchev–Trinajstić information content (AvgIpc) is 2.14. The fourth-order valence-corrected chi connectivity index (χ4v) is 2.05. The molecule has 0 aromatic carbocycles. The third kappa shape index (κ3) is 3.20. The molecule has 6 nitrogen and oxygen atoms in total. The predicted octanol–water partition coefficient (Wildman–Crippen LogP) is 0.710. The maximum absolute atomic E-state index is 11.2. The third-order valence-electron chi connectivity index (χ3n) is 2.80. The van der Waals surface area contributed by atoms with Crippen LogP contribution in [0, 0.1) is 11.8 Å². The first-order valence-electron chi connectivity index (χ1n) is 5.89. The Bertz CT molecular complexity index is 293. The van der Waals surface area contributed by atoms with Crippen LogP contribution in [0.3, 0.4) is 0 Å². The fourth-order valence-electron chi connectivity index (χ4n) is 2.05. The first-order valence-corrected chi connectivity index (χ1v) is 5.89. The van der Waals surface area contributed by atoms with Gasteiger partial charge in [-0.25, -0.2) is 9.59 Å². The van der Waals surface area contributed by atoms with Crippen LogP contribution < -0.4 is 0 Å².